The number of pyridine rings is 1. The van der Waals surface area contributed by atoms with Gasteiger partial charge in [-0.15, -0.1) is 0 Å². The number of fused-ring (bicyclic) bond motifs is 2. The van der Waals surface area contributed by atoms with Crippen molar-refractivity contribution in [3.05, 3.63) is 41.3 Å². The summed E-state index contributed by atoms with van der Waals surface area (Å²) in [4.78, 5) is 16.0. The van der Waals surface area contributed by atoms with Crippen LogP contribution in [-0.4, -0.2) is 21.0 Å². The van der Waals surface area contributed by atoms with Gasteiger partial charge in [0.1, 0.15) is 11.5 Å². The van der Waals surface area contributed by atoms with Gasteiger partial charge in [-0.2, -0.15) is 0 Å². The summed E-state index contributed by atoms with van der Waals surface area (Å²) in [5, 5.41) is 19.6. The van der Waals surface area contributed by atoms with E-state index < -0.39 is 0 Å². The fourth-order valence-electron chi connectivity index (χ4n) is 1.97. The predicted molar refractivity (Wildman–Crippen MR) is 63.0 cm³/mol. The number of Topliss-reactive ketones (excluding diaryl/α,β-unsaturated/α-hetero) is 1. The average Bonchev–Trinajstić information content (AvgIpc) is 2.26. The number of carbonyl (C=O) groups is 1. The lowest BCUT2D eigenvalue weighted by atomic mass is 9.97. The molecule has 0 aliphatic heterocycles. The molecule has 84 valence electrons. The number of nitrogens with zero attached hydrogens (tertiary/aromatic N) is 1. The molecule has 0 atom stereocenters. The van der Waals surface area contributed by atoms with Crippen molar-refractivity contribution in [1.82, 2.24) is 4.98 Å². The van der Waals surface area contributed by atoms with Crippen molar-refractivity contribution in [2.24, 2.45) is 0 Å². The second kappa shape index (κ2) is 3.31. The number of aromatic hydroxyl groups is 1. The summed E-state index contributed by atoms with van der Waals surface area (Å²) in [6.45, 7) is 0. The van der Waals surface area contributed by atoms with Gasteiger partial charge in [-0.25, -0.2) is 4.98 Å². The molecule has 0 saturated heterocycles. The highest BCUT2D eigenvalue weighted by molar-refractivity contribution is 6.05. The fraction of sp³-hybridized carbons (Fsp3) is 0.0769. The van der Waals surface area contributed by atoms with Crippen LogP contribution in [0.15, 0.2) is 30.0 Å². The third-order valence-electron chi connectivity index (χ3n) is 2.78. The van der Waals surface area contributed by atoms with Crippen LogP contribution in [0.1, 0.15) is 22.5 Å². The Hall–Kier alpha value is -2.36. The fourth-order valence-corrected chi connectivity index (χ4v) is 1.97. The van der Waals surface area contributed by atoms with E-state index in [0.717, 1.165) is 5.39 Å². The summed E-state index contributed by atoms with van der Waals surface area (Å²) in [6.07, 6.45) is 1.51. The third-order valence-corrected chi connectivity index (χ3v) is 2.78. The quantitative estimate of drug-likeness (QED) is 0.725. The van der Waals surface area contributed by atoms with Gasteiger partial charge in [0.25, 0.3) is 0 Å². The molecule has 1 aliphatic rings. The largest absolute Gasteiger partial charge is 0.512 e. The summed E-state index contributed by atoms with van der Waals surface area (Å²) in [5.41, 5.74) is 1.57. The van der Waals surface area contributed by atoms with E-state index in [2.05, 4.69) is 4.98 Å². The van der Waals surface area contributed by atoms with Crippen molar-refractivity contribution < 1.29 is 15.0 Å². The molecule has 2 aromatic rings. The van der Waals surface area contributed by atoms with Crippen LogP contribution in [0.5, 0.6) is 5.75 Å². The van der Waals surface area contributed by atoms with Crippen LogP contribution >= 0.6 is 0 Å². The molecule has 1 aromatic carbocycles. The molecule has 4 heteroatoms. The first-order chi connectivity index (χ1) is 8.13. The first-order valence-electron chi connectivity index (χ1n) is 5.20. The Balaban J connectivity index is 2.34. The van der Waals surface area contributed by atoms with Gasteiger partial charge in [0.15, 0.2) is 5.78 Å². The van der Waals surface area contributed by atoms with Gasteiger partial charge < -0.3 is 10.2 Å². The van der Waals surface area contributed by atoms with Crippen molar-refractivity contribution in [2.75, 3.05) is 0 Å². The summed E-state index contributed by atoms with van der Waals surface area (Å²) in [6, 6.07) is 6.53. The standard InChI is InChI=1S/C13H9NO3/c15-8-2-1-7-3-10-12(14-11(7)4-8)5-9(16)6-13(10)17/h1-5,15-16H,6H2. The van der Waals surface area contributed by atoms with Crippen LogP contribution in [0.25, 0.3) is 17.0 Å². The van der Waals surface area contributed by atoms with Crippen LogP contribution < -0.4 is 0 Å². The van der Waals surface area contributed by atoms with Crippen LogP contribution in [0, 0.1) is 0 Å². The minimum absolute atomic E-state index is 0.0227. The zero-order valence-electron chi connectivity index (χ0n) is 8.84. The second-order valence-electron chi connectivity index (χ2n) is 4.03. The number of rotatable bonds is 0. The number of hydrogen-bond donors (Lipinski definition) is 2. The van der Waals surface area contributed by atoms with E-state index in [4.69, 9.17) is 0 Å². The topological polar surface area (TPSA) is 70.4 Å². The maximum Gasteiger partial charge on any atom is 0.172 e. The zero-order chi connectivity index (χ0) is 12.0. The Bertz CT molecular complexity index is 674. The van der Waals surface area contributed by atoms with Crippen molar-refractivity contribution in [2.45, 2.75) is 6.42 Å². The molecule has 0 saturated carbocycles. The van der Waals surface area contributed by atoms with Gasteiger partial charge in [0.2, 0.25) is 0 Å². The van der Waals surface area contributed by atoms with Crippen LogP contribution in [0.2, 0.25) is 0 Å². The number of hydrogen-bond acceptors (Lipinski definition) is 4. The van der Waals surface area contributed by atoms with Gasteiger partial charge in [-0.05, 0) is 18.2 Å². The molecule has 0 amide bonds. The van der Waals surface area contributed by atoms with Gasteiger partial charge in [-0.1, -0.05) is 0 Å². The number of aliphatic hydroxyl groups is 1. The molecule has 1 aliphatic carbocycles. The third kappa shape index (κ3) is 1.54. The first kappa shape index (κ1) is 9.84. The minimum Gasteiger partial charge on any atom is -0.512 e. The van der Waals surface area contributed by atoms with Crippen LogP contribution in [-0.2, 0) is 0 Å². The van der Waals surface area contributed by atoms with Gasteiger partial charge >= 0.3 is 0 Å². The number of allylic oxidation sites excluding steroid dienone is 1. The average molecular weight is 227 g/mol. The number of ketones is 1. The van der Waals surface area contributed by atoms with E-state index in [9.17, 15) is 15.0 Å². The summed E-state index contributed by atoms with van der Waals surface area (Å²) in [5.74, 6) is 0.0114. The molecular formula is C13H9NO3. The Labute approximate surface area is 96.8 Å². The monoisotopic (exact) mass is 227 g/mol. The lowest BCUT2D eigenvalue weighted by Gasteiger charge is -2.12. The molecule has 0 spiro atoms. The van der Waals surface area contributed by atoms with Crippen molar-refractivity contribution in [3.63, 3.8) is 0 Å². The number of phenols is 1. The van der Waals surface area contributed by atoms with E-state index in [1.54, 1.807) is 18.2 Å². The molecule has 1 heterocycles. The number of phenolic OH excluding ortho intramolecular Hbond substituents is 1. The number of aromatic nitrogens is 1. The highest BCUT2D eigenvalue weighted by atomic mass is 16.3. The van der Waals surface area contributed by atoms with E-state index in [0.29, 0.717) is 16.8 Å². The molecule has 3 rings (SSSR count). The normalized spacial score (nSPS) is 14.6. The lowest BCUT2D eigenvalue weighted by Crippen LogP contribution is -2.09. The molecule has 1 aromatic heterocycles. The van der Waals surface area contributed by atoms with E-state index in [-0.39, 0.29) is 23.7 Å². The van der Waals surface area contributed by atoms with Gasteiger partial charge in [0.05, 0.1) is 17.6 Å². The highest BCUT2D eigenvalue weighted by Gasteiger charge is 2.19. The number of aliphatic hydroxyl groups excluding tert-OH is 1. The summed E-state index contributed by atoms with van der Waals surface area (Å²) < 4.78 is 0. The van der Waals surface area contributed by atoms with E-state index in [1.165, 1.54) is 12.1 Å². The predicted octanol–water partition coefficient (Wildman–Crippen LogP) is 2.43. The van der Waals surface area contributed by atoms with Crippen LogP contribution in [0.4, 0.5) is 0 Å². The highest BCUT2D eigenvalue weighted by Crippen LogP contribution is 2.26. The summed E-state index contributed by atoms with van der Waals surface area (Å²) >= 11 is 0. The number of carbonyl (C=O) groups excluding carboxylic acids is 1. The van der Waals surface area contributed by atoms with Gasteiger partial charge in [-0.3, -0.25) is 4.79 Å². The molecule has 0 bridgehead atoms. The molecule has 0 radical (unpaired) electrons. The Kier molecular flexibility index (Phi) is 1.92. The minimum atomic E-state index is -0.137. The maximum atomic E-state index is 11.7. The zero-order valence-corrected chi connectivity index (χ0v) is 8.84. The smallest absolute Gasteiger partial charge is 0.172 e. The molecule has 0 fully saturated rings. The summed E-state index contributed by atoms with van der Waals surface area (Å²) in [7, 11) is 0. The SMILES string of the molecule is O=C1CC(O)=Cc2nc3cc(O)ccc3cc21. The lowest BCUT2D eigenvalue weighted by molar-refractivity contribution is 0.0978. The molecule has 17 heavy (non-hydrogen) atoms. The van der Waals surface area contributed by atoms with Crippen molar-refractivity contribution >= 4 is 22.8 Å². The van der Waals surface area contributed by atoms with Crippen molar-refractivity contribution in [3.8, 4) is 5.75 Å². The molecular weight excluding hydrogens is 218 g/mol. The van der Waals surface area contributed by atoms with E-state index >= 15 is 0 Å². The van der Waals surface area contributed by atoms with Crippen molar-refractivity contribution in [1.29, 1.82) is 0 Å². The molecule has 2 N–H and O–H groups in total. The first-order valence-corrected chi connectivity index (χ1v) is 5.20. The Morgan fingerprint density at radius 1 is 1.18 bits per heavy atom. The number of benzene rings is 1. The maximum absolute atomic E-state index is 11.7. The Morgan fingerprint density at radius 3 is 2.82 bits per heavy atom. The van der Waals surface area contributed by atoms with Gasteiger partial charge in [0, 0.05) is 23.1 Å². The second-order valence-corrected chi connectivity index (χ2v) is 4.03. The van der Waals surface area contributed by atoms with Crippen LogP contribution in [0.3, 0.4) is 0 Å². The molecule has 0 unspecified atom stereocenters. The molecule has 4 nitrogen and oxygen atoms in total. The Morgan fingerprint density at radius 2 is 2.00 bits per heavy atom. The van der Waals surface area contributed by atoms with E-state index in [1.807, 2.05) is 0 Å².